The van der Waals surface area contributed by atoms with E-state index in [0.29, 0.717) is 6.42 Å². The maximum atomic E-state index is 11.8. The third-order valence-corrected chi connectivity index (χ3v) is 4.73. The van der Waals surface area contributed by atoms with E-state index in [4.69, 9.17) is 11.6 Å². The van der Waals surface area contributed by atoms with Crippen molar-refractivity contribution in [2.75, 3.05) is 0 Å². The Morgan fingerprint density at radius 2 is 1.95 bits per heavy atom. The number of halogens is 1. The summed E-state index contributed by atoms with van der Waals surface area (Å²) in [5, 5.41) is 0.880. The number of carbonyl (C=O) groups is 1. The molecule has 1 fully saturated rings. The number of benzene rings is 2. The minimum Gasteiger partial charge on any atom is -0.294 e. The second-order valence-corrected chi connectivity index (χ2v) is 6.51. The van der Waals surface area contributed by atoms with Gasteiger partial charge in [-0.3, -0.25) is 4.79 Å². The summed E-state index contributed by atoms with van der Waals surface area (Å²) >= 11 is 6.42. The van der Waals surface area contributed by atoms with E-state index in [0.717, 1.165) is 29.3 Å². The van der Waals surface area contributed by atoms with Crippen molar-refractivity contribution < 1.29 is 4.79 Å². The van der Waals surface area contributed by atoms with Gasteiger partial charge in [-0.05, 0) is 60.4 Å². The quantitative estimate of drug-likeness (QED) is 0.635. The molecule has 0 bridgehead atoms. The number of carbonyl (C=O) groups excluding carboxylic acids is 1. The molecule has 3 rings (SSSR count). The fourth-order valence-corrected chi connectivity index (χ4v) is 3.10. The number of rotatable bonds is 6. The minimum atomic E-state index is 0.202. The number of ketones is 1. The largest absolute Gasteiger partial charge is 0.294 e. The molecule has 1 nitrogen and oxygen atoms in total. The molecule has 0 radical (unpaired) electrons. The van der Waals surface area contributed by atoms with Crippen molar-refractivity contribution in [3.8, 4) is 0 Å². The van der Waals surface area contributed by atoms with Gasteiger partial charge in [0.15, 0.2) is 5.78 Å². The predicted octanol–water partition coefficient (Wildman–Crippen LogP) is 5.60. The van der Waals surface area contributed by atoms with Crippen LogP contribution in [0.15, 0.2) is 42.5 Å². The van der Waals surface area contributed by atoms with Crippen molar-refractivity contribution in [2.45, 2.75) is 44.9 Å². The summed E-state index contributed by atoms with van der Waals surface area (Å²) in [6, 6.07) is 14.5. The van der Waals surface area contributed by atoms with Crippen molar-refractivity contribution in [1.82, 2.24) is 0 Å². The third kappa shape index (κ3) is 3.59. The van der Waals surface area contributed by atoms with Gasteiger partial charge in [-0.25, -0.2) is 0 Å². The molecular formula is C20H21ClO. The van der Waals surface area contributed by atoms with Crippen molar-refractivity contribution in [3.63, 3.8) is 0 Å². The Balaban J connectivity index is 1.68. The van der Waals surface area contributed by atoms with Gasteiger partial charge in [0.2, 0.25) is 0 Å². The lowest BCUT2D eigenvalue weighted by Crippen LogP contribution is -1.99. The van der Waals surface area contributed by atoms with Crippen LogP contribution in [0.25, 0.3) is 0 Å². The normalized spacial score (nSPS) is 14.1. The molecule has 0 aromatic heterocycles. The van der Waals surface area contributed by atoms with E-state index in [1.807, 2.05) is 25.1 Å². The molecule has 2 heteroatoms. The summed E-state index contributed by atoms with van der Waals surface area (Å²) in [5.41, 5.74) is 4.58. The van der Waals surface area contributed by atoms with Crippen LogP contribution in [0.3, 0.4) is 0 Å². The highest BCUT2D eigenvalue weighted by Crippen LogP contribution is 2.41. The Bertz CT molecular complexity index is 686. The smallest absolute Gasteiger partial charge is 0.162 e. The first-order valence-corrected chi connectivity index (χ1v) is 8.45. The van der Waals surface area contributed by atoms with Gasteiger partial charge >= 0.3 is 0 Å². The van der Waals surface area contributed by atoms with Gasteiger partial charge < -0.3 is 0 Å². The topological polar surface area (TPSA) is 17.1 Å². The molecule has 0 saturated heterocycles. The van der Waals surface area contributed by atoms with Gasteiger partial charge in [0.05, 0.1) is 0 Å². The third-order valence-electron chi connectivity index (χ3n) is 4.38. The SMILES string of the molecule is CCC(=O)c1cccc(CCc2ccc(C3CC3)cc2Cl)c1. The molecule has 1 aliphatic rings. The lowest BCUT2D eigenvalue weighted by atomic mass is 9.99. The maximum absolute atomic E-state index is 11.8. The zero-order valence-electron chi connectivity index (χ0n) is 12.9. The summed E-state index contributed by atoms with van der Waals surface area (Å²) in [6.45, 7) is 1.90. The van der Waals surface area contributed by atoms with E-state index in [9.17, 15) is 4.79 Å². The van der Waals surface area contributed by atoms with Crippen LogP contribution in [-0.2, 0) is 12.8 Å². The van der Waals surface area contributed by atoms with Crippen molar-refractivity contribution >= 4 is 17.4 Å². The molecule has 0 unspecified atom stereocenters. The average molecular weight is 313 g/mol. The van der Waals surface area contributed by atoms with Crippen LogP contribution in [0, 0.1) is 0 Å². The molecular weight excluding hydrogens is 292 g/mol. The van der Waals surface area contributed by atoms with Crippen molar-refractivity contribution in [3.05, 3.63) is 69.7 Å². The van der Waals surface area contributed by atoms with Crippen LogP contribution in [0.4, 0.5) is 0 Å². The van der Waals surface area contributed by atoms with E-state index >= 15 is 0 Å². The highest BCUT2D eigenvalue weighted by Gasteiger charge is 2.23. The first kappa shape index (κ1) is 15.3. The van der Waals surface area contributed by atoms with Crippen LogP contribution >= 0.6 is 11.6 Å². The van der Waals surface area contributed by atoms with Gasteiger partial charge in [-0.15, -0.1) is 0 Å². The molecule has 0 N–H and O–H groups in total. The van der Waals surface area contributed by atoms with Crippen molar-refractivity contribution in [2.24, 2.45) is 0 Å². The molecule has 1 aliphatic carbocycles. The summed E-state index contributed by atoms with van der Waals surface area (Å²) in [5.74, 6) is 0.942. The van der Waals surface area contributed by atoms with Gasteiger partial charge in [0.1, 0.15) is 0 Å². The summed E-state index contributed by atoms with van der Waals surface area (Å²) in [6.07, 6.45) is 4.97. The zero-order chi connectivity index (χ0) is 15.5. The van der Waals surface area contributed by atoms with Gasteiger partial charge in [-0.1, -0.05) is 48.9 Å². The Morgan fingerprint density at radius 3 is 2.64 bits per heavy atom. The highest BCUT2D eigenvalue weighted by atomic mass is 35.5. The molecule has 2 aromatic rings. The second kappa shape index (κ2) is 6.66. The number of aryl methyl sites for hydroxylation is 2. The molecule has 0 heterocycles. The van der Waals surface area contributed by atoms with Crippen molar-refractivity contribution in [1.29, 1.82) is 0 Å². The minimum absolute atomic E-state index is 0.202. The molecule has 22 heavy (non-hydrogen) atoms. The Morgan fingerprint density at radius 1 is 1.14 bits per heavy atom. The first-order chi connectivity index (χ1) is 10.7. The van der Waals surface area contributed by atoms with E-state index < -0.39 is 0 Å². The monoisotopic (exact) mass is 312 g/mol. The lowest BCUT2D eigenvalue weighted by molar-refractivity contribution is 0.0988. The van der Waals surface area contributed by atoms with E-state index in [2.05, 4.69) is 24.3 Å². The summed E-state index contributed by atoms with van der Waals surface area (Å²) in [7, 11) is 0. The van der Waals surface area contributed by atoms with Crippen LogP contribution in [-0.4, -0.2) is 5.78 Å². The standard InChI is InChI=1S/C20H21ClO/c1-2-20(22)18-5-3-4-14(12-18)6-7-16-10-11-17(13-19(16)21)15-8-9-15/h3-5,10-13,15H,2,6-9H2,1H3. The van der Waals surface area contributed by atoms with E-state index in [-0.39, 0.29) is 5.78 Å². The molecule has 114 valence electrons. The molecule has 1 saturated carbocycles. The second-order valence-electron chi connectivity index (χ2n) is 6.10. The van der Waals surface area contributed by atoms with Crippen LogP contribution in [0.2, 0.25) is 5.02 Å². The molecule has 0 spiro atoms. The first-order valence-electron chi connectivity index (χ1n) is 8.08. The Labute approximate surface area is 137 Å². The Hall–Kier alpha value is -1.60. The molecule has 0 atom stereocenters. The number of hydrogen-bond donors (Lipinski definition) is 0. The maximum Gasteiger partial charge on any atom is 0.162 e. The number of Topliss-reactive ketones (excluding diaryl/α,β-unsaturated/α-hetero) is 1. The van der Waals surface area contributed by atoms with Crippen LogP contribution < -0.4 is 0 Å². The van der Waals surface area contributed by atoms with E-state index in [1.54, 1.807) is 0 Å². The van der Waals surface area contributed by atoms with Gasteiger partial charge in [0.25, 0.3) is 0 Å². The van der Waals surface area contributed by atoms with E-state index in [1.165, 1.54) is 29.5 Å². The lowest BCUT2D eigenvalue weighted by Gasteiger charge is -2.08. The molecule has 2 aromatic carbocycles. The van der Waals surface area contributed by atoms with Crippen LogP contribution in [0.1, 0.15) is 59.2 Å². The summed E-state index contributed by atoms with van der Waals surface area (Å²) in [4.78, 5) is 11.8. The fourth-order valence-electron chi connectivity index (χ4n) is 2.82. The molecule has 0 aliphatic heterocycles. The summed E-state index contributed by atoms with van der Waals surface area (Å²) < 4.78 is 0. The highest BCUT2D eigenvalue weighted by molar-refractivity contribution is 6.31. The average Bonchev–Trinajstić information content (AvgIpc) is 3.38. The predicted molar refractivity (Wildman–Crippen MR) is 91.9 cm³/mol. The van der Waals surface area contributed by atoms with Gasteiger partial charge in [-0.2, -0.15) is 0 Å². The fraction of sp³-hybridized carbons (Fsp3) is 0.350. The Kier molecular flexibility index (Phi) is 4.63. The zero-order valence-corrected chi connectivity index (χ0v) is 13.7. The van der Waals surface area contributed by atoms with Gasteiger partial charge in [0, 0.05) is 17.0 Å². The molecule has 0 amide bonds. The number of hydrogen-bond acceptors (Lipinski definition) is 1. The van der Waals surface area contributed by atoms with Crippen LogP contribution in [0.5, 0.6) is 0 Å².